The van der Waals surface area contributed by atoms with Crippen LogP contribution in [0.4, 0.5) is 5.69 Å². The van der Waals surface area contributed by atoms with Crippen molar-refractivity contribution in [2.45, 2.75) is 25.8 Å². The molecule has 8 heteroatoms. The van der Waals surface area contributed by atoms with Crippen molar-refractivity contribution in [2.75, 3.05) is 11.9 Å². The first kappa shape index (κ1) is 21.6. The van der Waals surface area contributed by atoms with Crippen LogP contribution in [-0.4, -0.2) is 41.5 Å². The number of hydrogen-bond acceptors (Lipinski definition) is 5. The second-order valence-corrected chi connectivity index (χ2v) is 6.11. The second-order valence-electron chi connectivity index (χ2n) is 6.11. The van der Waals surface area contributed by atoms with E-state index in [4.69, 9.17) is 9.84 Å². The molecule has 0 aliphatic rings. The van der Waals surface area contributed by atoms with Crippen molar-refractivity contribution < 1.29 is 29.0 Å². The van der Waals surface area contributed by atoms with Gasteiger partial charge in [0.25, 0.3) is 5.91 Å². The monoisotopic (exact) mass is 398 g/mol. The minimum atomic E-state index is -1.07. The van der Waals surface area contributed by atoms with Gasteiger partial charge >= 0.3 is 11.9 Å². The Morgan fingerprint density at radius 1 is 0.966 bits per heavy atom. The standard InChI is InChI=1S/C21H22N2O6/c1-2-29-21(28)15-8-10-16(11-9-15)22-20(27)17(12-13-18(24)25)23-19(26)14-6-4-3-5-7-14/h3-11,17H,2,12-13H2,1H3,(H,22,27)(H,23,26)(H,24,25)/t17-/m1/s1. The molecule has 2 rings (SSSR count). The number of aliphatic carboxylic acids is 1. The molecule has 2 amide bonds. The van der Waals surface area contributed by atoms with Crippen molar-refractivity contribution in [3.05, 3.63) is 65.7 Å². The number of carboxylic acids is 1. The average molecular weight is 398 g/mol. The van der Waals surface area contributed by atoms with Crippen LogP contribution in [0.3, 0.4) is 0 Å². The number of nitrogens with one attached hydrogen (secondary N) is 2. The highest BCUT2D eigenvalue weighted by Gasteiger charge is 2.22. The van der Waals surface area contributed by atoms with Crippen molar-refractivity contribution in [1.29, 1.82) is 0 Å². The van der Waals surface area contributed by atoms with Gasteiger partial charge in [-0.25, -0.2) is 4.79 Å². The molecule has 29 heavy (non-hydrogen) atoms. The first-order valence-electron chi connectivity index (χ1n) is 9.06. The third kappa shape index (κ3) is 6.76. The van der Waals surface area contributed by atoms with Gasteiger partial charge in [-0.3, -0.25) is 14.4 Å². The lowest BCUT2D eigenvalue weighted by atomic mass is 10.1. The van der Waals surface area contributed by atoms with Crippen LogP contribution < -0.4 is 10.6 Å². The van der Waals surface area contributed by atoms with Crippen molar-refractivity contribution in [3.8, 4) is 0 Å². The van der Waals surface area contributed by atoms with E-state index in [-0.39, 0.29) is 19.4 Å². The predicted molar refractivity (Wildman–Crippen MR) is 106 cm³/mol. The zero-order chi connectivity index (χ0) is 21.2. The summed E-state index contributed by atoms with van der Waals surface area (Å²) in [7, 11) is 0. The average Bonchev–Trinajstić information content (AvgIpc) is 2.72. The number of carbonyl (C=O) groups is 4. The Kier molecular flexibility index (Phi) is 7.90. The summed E-state index contributed by atoms with van der Waals surface area (Å²) < 4.78 is 4.90. The Labute approximate surface area is 167 Å². The molecular weight excluding hydrogens is 376 g/mol. The molecule has 8 nitrogen and oxygen atoms in total. The minimum absolute atomic E-state index is 0.0688. The third-order valence-corrected chi connectivity index (χ3v) is 3.97. The smallest absolute Gasteiger partial charge is 0.338 e. The summed E-state index contributed by atoms with van der Waals surface area (Å²) in [4.78, 5) is 47.5. The van der Waals surface area contributed by atoms with Crippen LogP contribution in [0.2, 0.25) is 0 Å². The summed E-state index contributed by atoms with van der Waals surface area (Å²) in [6.07, 6.45) is -0.352. The molecule has 0 aliphatic heterocycles. The van der Waals surface area contributed by atoms with Crippen molar-refractivity contribution >= 4 is 29.4 Å². The highest BCUT2D eigenvalue weighted by atomic mass is 16.5. The normalized spacial score (nSPS) is 11.2. The molecule has 0 radical (unpaired) electrons. The summed E-state index contributed by atoms with van der Waals surface area (Å²) in [6, 6.07) is 13.3. The molecule has 0 saturated carbocycles. The highest BCUT2D eigenvalue weighted by Crippen LogP contribution is 2.12. The Bertz CT molecular complexity index is 864. The molecule has 2 aromatic rings. The van der Waals surface area contributed by atoms with Crippen molar-refractivity contribution in [1.82, 2.24) is 5.32 Å². The van der Waals surface area contributed by atoms with Gasteiger partial charge in [-0.2, -0.15) is 0 Å². The predicted octanol–water partition coefficient (Wildman–Crippen LogP) is 2.47. The lowest BCUT2D eigenvalue weighted by Gasteiger charge is -2.18. The maximum absolute atomic E-state index is 12.6. The largest absolute Gasteiger partial charge is 0.481 e. The van der Waals surface area contributed by atoms with Gasteiger partial charge < -0.3 is 20.5 Å². The van der Waals surface area contributed by atoms with Crippen LogP contribution in [0.25, 0.3) is 0 Å². The Morgan fingerprint density at radius 3 is 2.21 bits per heavy atom. The number of benzene rings is 2. The molecular formula is C21H22N2O6. The third-order valence-electron chi connectivity index (χ3n) is 3.97. The van der Waals surface area contributed by atoms with E-state index < -0.39 is 29.8 Å². The molecule has 0 heterocycles. The minimum Gasteiger partial charge on any atom is -0.481 e. The number of carboxylic acid groups (broad SMARTS) is 1. The van der Waals surface area contributed by atoms with E-state index in [9.17, 15) is 19.2 Å². The lowest BCUT2D eigenvalue weighted by molar-refractivity contribution is -0.137. The molecule has 0 unspecified atom stereocenters. The van der Waals surface area contributed by atoms with Gasteiger partial charge in [-0.05, 0) is 49.7 Å². The fourth-order valence-electron chi connectivity index (χ4n) is 2.50. The fourth-order valence-corrected chi connectivity index (χ4v) is 2.50. The van der Waals surface area contributed by atoms with E-state index >= 15 is 0 Å². The molecule has 0 bridgehead atoms. The maximum Gasteiger partial charge on any atom is 0.338 e. The van der Waals surface area contributed by atoms with E-state index in [2.05, 4.69) is 10.6 Å². The zero-order valence-electron chi connectivity index (χ0n) is 15.9. The van der Waals surface area contributed by atoms with E-state index in [1.807, 2.05) is 0 Å². The van der Waals surface area contributed by atoms with Gasteiger partial charge in [-0.1, -0.05) is 18.2 Å². The van der Waals surface area contributed by atoms with E-state index in [0.717, 1.165) is 0 Å². The van der Waals surface area contributed by atoms with Crippen LogP contribution in [0.5, 0.6) is 0 Å². The van der Waals surface area contributed by atoms with Gasteiger partial charge in [0.1, 0.15) is 6.04 Å². The molecule has 0 fully saturated rings. The zero-order valence-corrected chi connectivity index (χ0v) is 15.9. The topological polar surface area (TPSA) is 122 Å². The summed E-state index contributed by atoms with van der Waals surface area (Å²) in [5.74, 6) is -2.58. The quantitative estimate of drug-likeness (QED) is 0.558. The summed E-state index contributed by atoms with van der Waals surface area (Å²) >= 11 is 0. The van der Waals surface area contributed by atoms with E-state index in [1.165, 1.54) is 24.3 Å². The highest BCUT2D eigenvalue weighted by molar-refractivity contribution is 6.01. The van der Waals surface area contributed by atoms with Crippen LogP contribution in [0.1, 0.15) is 40.5 Å². The van der Waals surface area contributed by atoms with Crippen molar-refractivity contribution in [3.63, 3.8) is 0 Å². The Balaban J connectivity index is 2.07. The molecule has 1 atom stereocenters. The van der Waals surface area contributed by atoms with Gasteiger partial charge in [0.2, 0.25) is 5.91 Å². The van der Waals surface area contributed by atoms with E-state index in [0.29, 0.717) is 16.8 Å². The van der Waals surface area contributed by atoms with Gasteiger partial charge in [-0.15, -0.1) is 0 Å². The molecule has 0 aliphatic carbocycles. The number of esters is 1. The molecule has 2 aromatic carbocycles. The van der Waals surface area contributed by atoms with Gasteiger partial charge in [0, 0.05) is 17.7 Å². The lowest BCUT2D eigenvalue weighted by Crippen LogP contribution is -2.44. The molecule has 0 saturated heterocycles. The van der Waals surface area contributed by atoms with Crippen LogP contribution in [0, 0.1) is 0 Å². The fraction of sp³-hybridized carbons (Fsp3) is 0.238. The Morgan fingerprint density at radius 2 is 1.62 bits per heavy atom. The molecule has 0 spiro atoms. The first-order chi connectivity index (χ1) is 13.9. The molecule has 0 aromatic heterocycles. The number of rotatable bonds is 9. The molecule has 152 valence electrons. The van der Waals surface area contributed by atoms with Crippen molar-refractivity contribution in [2.24, 2.45) is 0 Å². The van der Waals surface area contributed by atoms with E-state index in [1.54, 1.807) is 37.3 Å². The maximum atomic E-state index is 12.6. The number of hydrogen-bond donors (Lipinski definition) is 3. The first-order valence-corrected chi connectivity index (χ1v) is 9.06. The van der Waals surface area contributed by atoms with Gasteiger partial charge in [0.15, 0.2) is 0 Å². The second kappa shape index (κ2) is 10.6. The summed E-state index contributed by atoms with van der Waals surface area (Å²) in [5, 5.41) is 14.1. The SMILES string of the molecule is CCOC(=O)c1ccc(NC(=O)[C@@H](CCC(=O)O)NC(=O)c2ccccc2)cc1. The van der Waals surface area contributed by atoms with Crippen LogP contribution in [-0.2, 0) is 14.3 Å². The number of amides is 2. The van der Waals surface area contributed by atoms with Crippen LogP contribution >= 0.6 is 0 Å². The summed E-state index contributed by atoms with van der Waals surface area (Å²) in [5.41, 5.74) is 1.10. The number of ether oxygens (including phenoxy) is 1. The van der Waals surface area contributed by atoms with Gasteiger partial charge in [0.05, 0.1) is 12.2 Å². The molecule has 3 N–H and O–H groups in total. The van der Waals surface area contributed by atoms with Crippen LogP contribution in [0.15, 0.2) is 54.6 Å². The Hall–Kier alpha value is -3.68. The number of anilines is 1. The number of carbonyl (C=O) groups excluding carboxylic acids is 3. The summed E-state index contributed by atoms with van der Waals surface area (Å²) in [6.45, 7) is 1.96.